The Labute approximate surface area is 177 Å². The Hall–Kier alpha value is -2.80. The number of carbonyl (C=O) groups is 2. The van der Waals surface area contributed by atoms with Crippen molar-refractivity contribution in [2.45, 2.75) is 45.7 Å². The van der Waals surface area contributed by atoms with E-state index in [1.165, 1.54) is 7.11 Å². The number of aromatic amines is 1. The number of aryl methyl sites for hydroxylation is 1. The average molecular weight is 415 g/mol. The van der Waals surface area contributed by atoms with Crippen LogP contribution in [0.3, 0.4) is 0 Å². The summed E-state index contributed by atoms with van der Waals surface area (Å²) in [7, 11) is 4.63. The summed E-state index contributed by atoms with van der Waals surface area (Å²) in [6.45, 7) is 6.28. The molecule has 0 unspecified atom stereocenters. The summed E-state index contributed by atoms with van der Waals surface area (Å²) in [4.78, 5) is 30.8. The average Bonchev–Trinajstić information content (AvgIpc) is 3.36. The minimum absolute atomic E-state index is 0.0421. The second-order valence-electron chi connectivity index (χ2n) is 7.66. The maximum Gasteiger partial charge on any atom is 0.339 e. The highest BCUT2D eigenvalue weighted by molar-refractivity contribution is 6.03. The van der Waals surface area contributed by atoms with E-state index >= 15 is 0 Å². The van der Waals surface area contributed by atoms with E-state index in [0.29, 0.717) is 22.5 Å². The van der Waals surface area contributed by atoms with Crippen molar-refractivity contribution in [2.75, 3.05) is 27.9 Å². The topological polar surface area (TPSA) is 80.9 Å². The summed E-state index contributed by atoms with van der Waals surface area (Å²) in [6, 6.07) is 5.44. The molecule has 1 aliphatic rings. The molecule has 1 aliphatic heterocycles. The number of nitrogens with one attached hydrogen (secondary N) is 1. The van der Waals surface area contributed by atoms with E-state index in [-0.39, 0.29) is 17.9 Å². The van der Waals surface area contributed by atoms with Gasteiger partial charge in [0.25, 0.3) is 0 Å². The molecule has 30 heavy (non-hydrogen) atoms. The minimum Gasteiger partial charge on any atom is -0.497 e. The normalized spacial score (nSPS) is 17.6. The van der Waals surface area contributed by atoms with Crippen LogP contribution in [0, 0.1) is 13.8 Å². The van der Waals surface area contributed by atoms with Crippen LogP contribution >= 0.6 is 0 Å². The fourth-order valence-corrected chi connectivity index (χ4v) is 4.45. The number of benzene rings is 1. The van der Waals surface area contributed by atoms with Gasteiger partial charge in [0.1, 0.15) is 11.5 Å². The van der Waals surface area contributed by atoms with Crippen LogP contribution in [-0.2, 0) is 4.74 Å². The van der Waals surface area contributed by atoms with E-state index in [9.17, 15) is 9.59 Å². The van der Waals surface area contributed by atoms with E-state index in [1.54, 1.807) is 28.1 Å². The number of Topliss-reactive ketones (excluding diaryl/α,β-unsaturated/α-hetero) is 1. The van der Waals surface area contributed by atoms with Crippen LogP contribution in [-0.4, -0.2) is 55.6 Å². The zero-order valence-corrected chi connectivity index (χ0v) is 18.5. The number of ether oxygens (including phenoxy) is 3. The first kappa shape index (κ1) is 21.9. The van der Waals surface area contributed by atoms with Gasteiger partial charge in [-0.1, -0.05) is 0 Å². The molecule has 1 saturated heterocycles. The molecule has 0 aliphatic carbocycles. The highest BCUT2D eigenvalue weighted by atomic mass is 16.5. The number of nitrogens with zero attached hydrogens (tertiary/aromatic N) is 1. The molecule has 162 valence electrons. The number of rotatable bonds is 7. The number of carbonyl (C=O) groups excluding carboxylic acids is 2. The molecule has 1 aromatic heterocycles. The van der Waals surface area contributed by atoms with Gasteiger partial charge in [-0.15, -0.1) is 0 Å². The van der Waals surface area contributed by atoms with Gasteiger partial charge in [0.05, 0.1) is 38.6 Å². The maximum atomic E-state index is 13.4. The predicted molar refractivity (Wildman–Crippen MR) is 114 cm³/mol. The third-order valence-electron chi connectivity index (χ3n) is 6.04. The van der Waals surface area contributed by atoms with Gasteiger partial charge in [0.2, 0.25) is 0 Å². The summed E-state index contributed by atoms with van der Waals surface area (Å²) in [5.41, 5.74) is 3.18. The molecule has 1 fully saturated rings. The second-order valence-corrected chi connectivity index (χ2v) is 7.66. The zero-order chi connectivity index (χ0) is 22.0. The predicted octanol–water partition coefficient (Wildman–Crippen LogP) is 3.84. The van der Waals surface area contributed by atoms with Crippen molar-refractivity contribution in [2.24, 2.45) is 0 Å². The number of ketones is 1. The van der Waals surface area contributed by atoms with Gasteiger partial charge in [-0.2, -0.15) is 0 Å². The van der Waals surface area contributed by atoms with E-state index in [2.05, 4.69) is 9.88 Å². The fourth-order valence-electron chi connectivity index (χ4n) is 4.45. The van der Waals surface area contributed by atoms with Gasteiger partial charge in [0.15, 0.2) is 5.78 Å². The van der Waals surface area contributed by atoms with Gasteiger partial charge >= 0.3 is 5.97 Å². The van der Waals surface area contributed by atoms with Gasteiger partial charge in [0, 0.05) is 17.3 Å². The summed E-state index contributed by atoms with van der Waals surface area (Å²) in [6.07, 6.45) is 1.91. The first-order chi connectivity index (χ1) is 14.3. The lowest BCUT2D eigenvalue weighted by atomic mass is 9.99. The van der Waals surface area contributed by atoms with Crippen LogP contribution in [0.4, 0.5) is 0 Å². The molecule has 0 amide bonds. The Balaban J connectivity index is 1.93. The third kappa shape index (κ3) is 3.81. The van der Waals surface area contributed by atoms with Crippen molar-refractivity contribution >= 4 is 11.8 Å². The zero-order valence-electron chi connectivity index (χ0n) is 18.5. The molecule has 3 rings (SSSR count). The largest absolute Gasteiger partial charge is 0.497 e. The smallest absolute Gasteiger partial charge is 0.339 e. The molecule has 2 atom stereocenters. The monoisotopic (exact) mass is 414 g/mol. The van der Waals surface area contributed by atoms with E-state index in [1.807, 2.05) is 25.1 Å². The first-order valence-corrected chi connectivity index (χ1v) is 10.1. The lowest BCUT2D eigenvalue weighted by molar-refractivity contribution is 0.0599. The van der Waals surface area contributed by atoms with E-state index < -0.39 is 5.97 Å². The van der Waals surface area contributed by atoms with Crippen molar-refractivity contribution in [1.82, 2.24) is 9.88 Å². The van der Waals surface area contributed by atoms with Crippen LogP contribution in [0.1, 0.15) is 63.5 Å². The Morgan fingerprint density at radius 2 is 1.90 bits per heavy atom. The molecular weight excluding hydrogens is 384 g/mol. The Bertz CT molecular complexity index is 949. The standard InChI is InChI=1S/C23H30N2O5/c1-13-20(23(27)30-6)14(2)24-21(13)22(26)15(3)25-11-7-8-18(25)17-12-16(28-4)9-10-19(17)29-5/h9-10,12,15,18,24H,7-8,11H2,1-6H3/t15-,18+/m0/s1. The van der Waals surface area contributed by atoms with E-state index in [0.717, 1.165) is 36.4 Å². The fraction of sp³-hybridized carbons (Fsp3) is 0.478. The lowest BCUT2D eigenvalue weighted by Crippen LogP contribution is -2.39. The highest BCUT2D eigenvalue weighted by Gasteiger charge is 2.36. The highest BCUT2D eigenvalue weighted by Crippen LogP contribution is 2.40. The second kappa shape index (κ2) is 8.92. The van der Waals surface area contributed by atoms with Gasteiger partial charge < -0.3 is 19.2 Å². The molecule has 2 aromatic rings. The summed E-state index contributed by atoms with van der Waals surface area (Å²) < 4.78 is 15.9. The number of H-pyrrole nitrogens is 1. The number of hydrogen-bond donors (Lipinski definition) is 1. The number of likely N-dealkylation sites (tertiary alicyclic amines) is 1. The third-order valence-corrected chi connectivity index (χ3v) is 6.04. The Kier molecular flexibility index (Phi) is 6.51. The molecule has 1 N–H and O–H groups in total. The molecule has 2 heterocycles. The number of aromatic nitrogens is 1. The van der Waals surface area contributed by atoms with Gasteiger partial charge in [-0.25, -0.2) is 4.79 Å². The summed E-state index contributed by atoms with van der Waals surface area (Å²) in [5.74, 6) is 1.06. The molecule has 0 spiro atoms. The number of hydrogen-bond acceptors (Lipinski definition) is 6. The van der Waals surface area contributed by atoms with Crippen LogP contribution in [0.25, 0.3) is 0 Å². The van der Waals surface area contributed by atoms with E-state index in [4.69, 9.17) is 14.2 Å². The minimum atomic E-state index is -0.437. The van der Waals surface area contributed by atoms with Crippen molar-refractivity contribution in [3.8, 4) is 11.5 Å². The van der Waals surface area contributed by atoms with Gasteiger partial charge in [-0.3, -0.25) is 9.69 Å². The van der Waals surface area contributed by atoms with Crippen LogP contribution in [0.2, 0.25) is 0 Å². The molecule has 0 saturated carbocycles. The van der Waals surface area contributed by atoms with Crippen LogP contribution in [0.15, 0.2) is 18.2 Å². The van der Waals surface area contributed by atoms with Crippen LogP contribution < -0.4 is 9.47 Å². The summed E-state index contributed by atoms with van der Waals surface area (Å²) >= 11 is 0. The van der Waals surface area contributed by atoms with Crippen LogP contribution in [0.5, 0.6) is 11.5 Å². The molecule has 7 nitrogen and oxygen atoms in total. The van der Waals surface area contributed by atoms with Crippen molar-refractivity contribution < 1.29 is 23.8 Å². The summed E-state index contributed by atoms with van der Waals surface area (Å²) in [5, 5.41) is 0. The van der Waals surface area contributed by atoms with Crippen molar-refractivity contribution in [3.63, 3.8) is 0 Å². The van der Waals surface area contributed by atoms with Crippen molar-refractivity contribution in [1.29, 1.82) is 0 Å². The first-order valence-electron chi connectivity index (χ1n) is 10.1. The quantitative estimate of drug-likeness (QED) is 0.548. The molecule has 0 radical (unpaired) electrons. The van der Waals surface area contributed by atoms with Gasteiger partial charge in [-0.05, 0) is 63.9 Å². The molecule has 7 heteroatoms. The molecule has 1 aromatic carbocycles. The number of esters is 1. The number of methoxy groups -OCH3 is 3. The van der Waals surface area contributed by atoms with Crippen molar-refractivity contribution in [3.05, 3.63) is 46.3 Å². The molecule has 0 bridgehead atoms. The lowest BCUT2D eigenvalue weighted by Gasteiger charge is -2.31. The SMILES string of the molecule is COC(=O)c1c(C)[nH]c(C(=O)[C@H](C)N2CCC[C@@H]2c2cc(OC)ccc2OC)c1C. The maximum absolute atomic E-state index is 13.4. The Morgan fingerprint density at radius 3 is 2.53 bits per heavy atom. The molecular formula is C23H30N2O5. The Morgan fingerprint density at radius 1 is 1.17 bits per heavy atom.